The number of nitrogens with one attached hydrogen (secondary N) is 1. The molecule has 0 aliphatic carbocycles. The molecule has 2 unspecified atom stereocenters. The van der Waals surface area contributed by atoms with Crippen molar-refractivity contribution in [1.29, 1.82) is 0 Å². The summed E-state index contributed by atoms with van der Waals surface area (Å²) in [7, 11) is 1.85. The van der Waals surface area contributed by atoms with Gasteiger partial charge in [-0.2, -0.15) is 0 Å². The van der Waals surface area contributed by atoms with Crippen molar-refractivity contribution in [2.24, 2.45) is 11.8 Å². The number of anilines is 1. The van der Waals surface area contributed by atoms with E-state index in [1.807, 2.05) is 37.4 Å². The van der Waals surface area contributed by atoms with E-state index in [0.717, 1.165) is 18.8 Å². The Bertz CT molecular complexity index is 363. The van der Waals surface area contributed by atoms with Gasteiger partial charge >= 0.3 is 0 Å². The van der Waals surface area contributed by atoms with E-state index in [1.165, 1.54) is 0 Å². The van der Waals surface area contributed by atoms with E-state index >= 15 is 0 Å². The highest BCUT2D eigenvalue weighted by atomic mass is 16.2. The van der Waals surface area contributed by atoms with Crippen LogP contribution in [0.25, 0.3) is 0 Å². The fourth-order valence-corrected chi connectivity index (χ4v) is 2.17. The first-order valence-corrected chi connectivity index (χ1v) is 5.73. The van der Waals surface area contributed by atoms with Crippen LogP contribution >= 0.6 is 0 Å². The second-order valence-electron chi connectivity index (χ2n) is 4.47. The van der Waals surface area contributed by atoms with Crippen LogP contribution in [0, 0.1) is 11.8 Å². The van der Waals surface area contributed by atoms with Gasteiger partial charge in [-0.05, 0) is 24.6 Å². The first kappa shape index (κ1) is 11.1. The van der Waals surface area contributed by atoms with Crippen molar-refractivity contribution < 1.29 is 4.79 Å². The molecular weight excluding hydrogens is 200 g/mol. The third-order valence-electron chi connectivity index (χ3n) is 3.31. The summed E-state index contributed by atoms with van der Waals surface area (Å²) in [5, 5.41) is 3.26. The van der Waals surface area contributed by atoms with Crippen LogP contribution in [0.5, 0.6) is 0 Å². The molecule has 1 saturated heterocycles. The highest BCUT2D eigenvalue weighted by Gasteiger charge is 2.31. The fourth-order valence-electron chi connectivity index (χ4n) is 2.17. The molecule has 16 heavy (non-hydrogen) atoms. The maximum atomic E-state index is 12.2. The molecule has 0 aromatic heterocycles. The third-order valence-corrected chi connectivity index (χ3v) is 3.31. The van der Waals surface area contributed by atoms with E-state index in [1.54, 1.807) is 4.90 Å². The first-order valence-electron chi connectivity index (χ1n) is 5.73. The maximum absolute atomic E-state index is 12.2. The number of hydrogen-bond donors (Lipinski definition) is 1. The normalized spacial score (nSPS) is 24.4. The van der Waals surface area contributed by atoms with Gasteiger partial charge in [0.2, 0.25) is 5.91 Å². The lowest BCUT2D eigenvalue weighted by Crippen LogP contribution is -2.36. The molecule has 2 rings (SSSR count). The van der Waals surface area contributed by atoms with Gasteiger partial charge in [0, 0.05) is 19.3 Å². The van der Waals surface area contributed by atoms with Crippen molar-refractivity contribution in [3.05, 3.63) is 30.3 Å². The topological polar surface area (TPSA) is 32.3 Å². The van der Waals surface area contributed by atoms with Gasteiger partial charge in [0.1, 0.15) is 0 Å². The van der Waals surface area contributed by atoms with Gasteiger partial charge in [-0.15, -0.1) is 0 Å². The van der Waals surface area contributed by atoms with Crippen molar-refractivity contribution in [3.63, 3.8) is 0 Å². The quantitative estimate of drug-likeness (QED) is 0.816. The van der Waals surface area contributed by atoms with Crippen LogP contribution in [-0.2, 0) is 4.79 Å². The molecule has 3 heteroatoms. The summed E-state index contributed by atoms with van der Waals surface area (Å²) < 4.78 is 0. The molecule has 2 atom stereocenters. The van der Waals surface area contributed by atoms with Crippen molar-refractivity contribution >= 4 is 11.6 Å². The Morgan fingerprint density at radius 2 is 2.00 bits per heavy atom. The number of benzene rings is 1. The third kappa shape index (κ3) is 2.09. The zero-order valence-electron chi connectivity index (χ0n) is 9.81. The Morgan fingerprint density at radius 1 is 1.31 bits per heavy atom. The SMILES string of the molecule is CC1CNCC1C(=O)N(C)c1ccccc1. The molecule has 3 nitrogen and oxygen atoms in total. The summed E-state index contributed by atoms with van der Waals surface area (Å²) in [5.74, 6) is 0.757. The molecule has 1 heterocycles. The zero-order valence-corrected chi connectivity index (χ0v) is 9.81. The maximum Gasteiger partial charge on any atom is 0.231 e. The van der Waals surface area contributed by atoms with E-state index < -0.39 is 0 Å². The van der Waals surface area contributed by atoms with Crippen LogP contribution in [0.4, 0.5) is 5.69 Å². The molecule has 1 aromatic rings. The number of hydrogen-bond acceptors (Lipinski definition) is 2. The average Bonchev–Trinajstić information content (AvgIpc) is 2.75. The standard InChI is InChI=1S/C13H18N2O/c1-10-8-14-9-12(10)13(16)15(2)11-6-4-3-5-7-11/h3-7,10,12,14H,8-9H2,1-2H3. The van der Waals surface area contributed by atoms with E-state index in [-0.39, 0.29) is 11.8 Å². The molecule has 1 N–H and O–H groups in total. The second kappa shape index (κ2) is 4.66. The highest BCUT2D eigenvalue weighted by molar-refractivity contribution is 5.95. The van der Waals surface area contributed by atoms with Gasteiger partial charge in [0.15, 0.2) is 0 Å². The lowest BCUT2D eigenvalue weighted by atomic mass is 9.96. The molecule has 86 valence electrons. The summed E-state index contributed by atoms with van der Waals surface area (Å²) in [6.45, 7) is 3.87. The summed E-state index contributed by atoms with van der Waals surface area (Å²) in [6, 6.07) is 9.79. The molecule has 0 radical (unpaired) electrons. The number of rotatable bonds is 2. The predicted molar refractivity (Wildman–Crippen MR) is 65.4 cm³/mol. The van der Waals surface area contributed by atoms with Crippen LogP contribution in [0.15, 0.2) is 30.3 Å². The molecule has 1 amide bonds. The van der Waals surface area contributed by atoms with Gasteiger partial charge in [0.05, 0.1) is 5.92 Å². The highest BCUT2D eigenvalue weighted by Crippen LogP contribution is 2.21. The Morgan fingerprint density at radius 3 is 2.56 bits per heavy atom. The van der Waals surface area contributed by atoms with Crippen LogP contribution in [0.2, 0.25) is 0 Å². The molecule has 0 spiro atoms. The van der Waals surface area contributed by atoms with Crippen LogP contribution in [-0.4, -0.2) is 26.0 Å². The number of para-hydroxylation sites is 1. The Hall–Kier alpha value is -1.35. The van der Waals surface area contributed by atoms with E-state index in [2.05, 4.69) is 12.2 Å². The van der Waals surface area contributed by atoms with Gasteiger partial charge in [-0.25, -0.2) is 0 Å². The average molecular weight is 218 g/mol. The summed E-state index contributed by atoms with van der Waals surface area (Å²) >= 11 is 0. The van der Waals surface area contributed by atoms with E-state index in [9.17, 15) is 4.79 Å². The van der Waals surface area contributed by atoms with E-state index in [0.29, 0.717) is 5.92 Å². The lowest BCUT2D eigenvalue weighted by molar-refractivity contribution is -0.122. The van der Waals surface area contributed by atoms with Crippen LogP contribution in [0.3, 0.4) is 0 Å². The Kier molecular flexibility index (Phi) is 3.25. The first-order chi connectivity index (χ1) is 7.70. The van der Waals surface area contributed by atoms with Crippen LogP contribution in [0.1, 0.15) is 6.92 Å². The van der Waals surface area contributed by atoms with Crippen molar-refractivity contribution in [2.45, 2.75) is 6.92 Å². The Balaban J connectivity index is 2.10. The van der Waals surface area contributed by atoms with Crippen molar-refractivity contribution in [1.82, 2.24) is 5.32 Å². The molecule has 1 aliphatic rings. The number of carbonyl (C=O) groups is 1. The van der Waals surface area contributed by atoms with E-state index in [4.69, 9.17) is 0 Å². The lowest BCUT2D eigenvalue weighted by Gasteiger charge is -2.22. The minimum atomic E-state index is 0.116. The largest absolute Gasteiger partial charge is 0.316 e. The van der Waals surface area contributed by atoms with Gasteiger partial charge in [0.25, 0.3) is 0 Å². The molecule has 1 aliphatic heterocycles. The number of nitrogens with zero attached hydrogens (tertiary/aromatic N) is 1. The molecule has 1 fully saturated rings. The minimum Gasteiger partial charge on any atom is -0.316 e. The number of amides is 1. The summed E-state index contributed by atoms with van der Waals surface area (Å²) in [4.78, 5) is 14.0. The van der Waals surface area contributed by atoms with Crippen LogP contribution < -0.4 is 10.2 Å². The minimum absolute atomic E-state index is 0.116. The number of carbonyl (C=O) groups excluding carboxylic acids is 1. The van der Waals surface area contributed by atoms with Crippen molar-refractivity contribution in [3.8, 4) is 0 Å². The smallest absolute Gasteiger partial charge is 0.231 e. The molecule has 1 aromatic carbocycles. The van der Waals surface area contributed by atoms with Gasteiger partial charge in [-0.3, -0.25) is 4.79 Å². The second-order valence-corrected chi connectivity index (χ2v) is 4.47. The zero-order chi connectivity index (χ0) is 11.5. The molecular formula is C13H18N2O. The fraction of sp³-hybridized carbons (Fsp3) is 0.462. The monoisotopic (exact) mass is 218 g/mol. The Labute approximate surface area is 96.5 Å². The van der Waals surface area contributed by atoms with Crippen molar-refractivity contribution in [2.75, 3.05) is 25.0 Å². The van der Waals surface area contributed by atoms with Gasteiger partial charge < -0.3 is 10.2 Å². The molecule has 0 bridgehead atoms. The predicted octanol–water partition coefficient (Wildman–Crippen LogP) is 1.50. The summed E-state index contributed by atoms with van der Waals surface area (Å²) in [5.41, 5.74) is 0.964. The van der Waals surface area contributed by atoms with Gasteiger partial charge in [-0.1, -0.05) is 25.1 Å². The molecule has 0 saturated carbocycles. The summed E-state index contributed by atoms with van der Waals surface area (Å²) in [6.07, 6.45) is 0.